The van der Waals surface area contributed by atoms with E-state index in [0.717, 1.165) is 6.54 Å². The van der Waals surface area contributed by atoms with E-state index >= 15 is 0 Å². The molecule has 0 aliphatic heterocycles. The average molecular weight is 233 g/mol. The normalized spacial score (nSPS) is 23.6. The van der Waals surface area contributed by atoms with Gasteiger partial charge in [0.2, 0.25) is 0 Å². The fourth-order valence-corrected chi connectivity index (χ4v) is 2.41. The molecule has 1 aromatic rings. The summed E-state index contributed by atoms with van der Waals surface area (Å²) >= 11 is 0. The summed E-state index contributed by atoms with van der Waals surface area (Å²) in [6, 6.07) is 3.28. The molecular formula is C13H19N3O. The quantitative estimate of drug-likeness (QED) is 0.837. The molecule has 4 heteroatoms. The maximum absolute atomic E-state index is 11.8. The number of nitrogen functional groups attached to an aromatic ring is 1. The van der Waals surface area contributed by atoms with Crippen LogP contribution < -0.4 is 11.1 Å². The van der Waals surface area contributed by atoms with Gasteiger partial charge in [-0.3, -0.25) is 9.78 Å². The summed E-state index contributed by atoms with van der Waals surface area (Å²) in [7, 11) is 0. The second-order valence-corrected chi connectivity index (χ2v) is 4.85. The highest BCUT2D eigenvalue weighted by Gasteiger charge is 2.23. The van der Waals surface area contributed by atoms with E-state index in [4.69, 9.17) is 5.73 Å². The fourth-order valence-electron chi connectivity index (χ4n) is 2.41. The molecule has 4 nitrogen and oxygen atoms in total. The Kier molecular flexibility index (Phi) is 3.61. The van der Waals surface area contributed by atoms with Crippen molar-refractivity contribution in [3.63, 3.8) is 0 Å². The molecule has 1 aliphatic rings. The van der Waals surface area contributed by atoms with Crippen LogP contribution in [-0.2, 0) is 0 Å². The van der Waals surface area contributed by atoms with Crippen molar-refractivity contribution >= 4 is 11.6 Å². The zero-order chi connectivity index (χ0) is 12.3. The molecule has 0 saturated heterocycles. The second kappa shape index (κ2) is 5.17. The van der Waals surface area contributed by atoms with Crippen LogP contribution in [0.1, 0.15) is 36.7 Å². The maximum atomic E-state index is 11.8. The average Bonchev–Trinajstić information content (AvgIpc) is 2.72. The lowest BCUT2D eigenvalue weighted by Gasteiger charge is -2.15. The van der Waals surface area contributed by atoms with Gasteiger partial charge in [-0.15, -0.1) is 0 Å². The molecule has 0 spiro atoms. The summed E-state index contributed by atoms with van der Waals surface area (Å²) < 4.78 is 0. The number of nitrogens with two attached hydrogens (primary N) is 1. The Balaban J connectivity index is 1.89. The number of rotatable bonds is 3. The van der Waals surface area contributed by atoms with Crippen molar-refractivity contribution in [1.29, 1.82) is 0 Å². The van der Waals surface area contributed by atoms with Gasteiger partial charge < -0.3 is 11.1 Å². The number of pyridine rings is 1. The number of nitrogens with one attached hydrogen (secondary N) is 1. The monoisotopic (exact) mass is 233 g/mol. The van der Waals surface area contributed by atoms with Crippen molar-refractivity contribution in [1.82, 2.24) is 10.3 Å². The van der Waals surface area contributed by atoms with Gasteiger partial charge in [0.15, 0.2) is 0 Å². The lowest BCUT2D eigenvalue weighted by Crippen LogP contribution is -2.30. The first-order chi connectivity index (χ1) is 8.16. The molecule has 1 heterocycles. The fraction of sp³-hybridized carbons (Fsp3) is 0.538. The molecule has 1 aromatic heterocycles. The molecule has 92 valence electrons. The number of hydrogen-bond donors (Lipinski definition) is 2. The number of nitrogens with zero attached hydrogens (tertiary/aromatic N) is 1. The van der Waals surface area contributed by atoms with E-state index in [-0.39, 0.29) is 5.91 Å². The number of amides is 1. The van der Waals surface area contributed by atoms with E-state index in [0.29, 0.717) is 23.2 Å². The Morgan fingerprint density at radius 1 is 1.59 bits per heavy atom. The molecule has 1 fully saturated rings. The van der Waals surface area contributed by atoms with E-state index in [1.807, 2.05) is 0 Å². The van der Waals surface area contributed by atoms with Crippen LogP contribution in [-0.4, -0.2) is 17.4 Å². The second-order valence-electron chi connectivity index (χ2n) is 4.85. The predicted molar refractivity (Wildman–Crippen MR) is 67.5 cm³/mol. The molecule has 2 atom stereocenters. The molecule has 2 unspecified atom stereocenters. The van der Waals surface area contributed by atoms with Gasteiger partial charge in [0.1, 0.15) is 5.69 Å². The summed E-state index contributed by atoms with van der Waals surface area (Å²) in [5.74, 6) is 1.19. The summed E-state index contributed by atoms with van der Waals surface area (Å²) in [5.41, 5.74) is 6.58. The van der Waals surface area contributed by atoms with Gasteiger partial charge in [-0.1, -0.05) is 19.8 Å². The third-order valence-electron chi connectivity index (χ3n) is 3.58. The smallest absolute Gasteiger partial charge is 0.269 e. The number of anilines is 1. The van der Waals surface area contributed by atoms with Gasteiger partial charge in [0.25, 0.3) is 5.91 Å². The number of carbonyl (C=O) groups excluding carboxylic acids is 1. The van der Waals surface area contributed by atoms with Crippen LogP contribution in [0.2, 0.25) is 0 Å². The van der Waals surface area contributed by atoms with Gasteiger partial charge >= 0.3 is 0 Å². The molecular weight excluding hydrogens is 214 g/mol. The number of carbonyl (C=O) groups is 1. The topological polar surface area (TPSA) is 68.0 Å². The zero-order valence-corrected chi connectivity index (χ0v) is 10.1. The van der Waals surface area contributed by atoms with E-state index in [2.05, 4.69) is 17.2 Å². The summed E-state index contributed by atoms with van der Waals surface area (Å²) in [6.45, 7) is 3.00. The first kappa shape index (κ1) is 11.9. The minimum Gasteiger partial charge on any atom is -0.399 e. The van der Waals surface area contributed by atoms with Crippen molar-refractivity contribution in [2.24, 2.45) is 11.8 Å². The van der Waals surface area contributed by atoms with Gasteiger partial charge in [-0.25, -0.2) is 0 Å². The molecule has 1 saturated carbocycles. The Morgan fingerprint density at radius 3 is 3.06 bits per heavy atom. The predicted octanol–water partition coefficient (Wildman–Crippen LogP) is 1.83. The molecule has 3 N–H and O–H groups in total. The molecule has 0 aromatic carbocycles. The Bertz CT molecular complexity index is 405. The van der Waals surface area contributed by atoms with Crippen molar-refractivity contribution in [2.45, 2.75) is 26.2 Å². The molecule has 1 aliphatic carbocycles. The van der Waals surface area contributed by atoms with Crippen LogP contribution >= 0.6 is 0 Å². The maximum Gasteiger partial charge on any atom is 0.269 e. The van der Waals surface area contributed by atoms with Gasteiger partial charge in [0, 0.05) is 18.4 Å². The van der Waals surface area contributed by atoms with Gasteiger partial charge in [-0.2, -0.15) is 0 Å². The van der Waals surface area contributed by atoms with Crippen LogP contribution in [0.25, 0.3) is 0 Å². The lowest BCUT2D eigenvalue weighted by molar-refractivity contribution is 0.0939. The van der Waals surface area contributed by atoms with Crippen LogP contribution in [0.15, 0.2) is 18.3 Å². The van der Waals surface area contributed by atoms with Crippen molar-refractivity contribution in [2.75, 3.05) is 12.3 Å². The summed E-state index contributed by atoms with van der Waals surface area (Å²) in [6.07, 6.45) is 5.32. The zero-order valence-electron chi connectivity index (χ0n) is 10.1. The van der Waals surface area contributed by atoms with Crippen LogP contribution in [0.3, 0.4) is 0 Å². The third kappa shape index (κ3) is 2.96. The first-order valence-electron chi connectivity index (χ1n) is 6.16. The van der Waals surface area contributed by atoms with Crippen LogP contribution in [0.5, 0.6) is 0 Å². The number of aromatic nitrogens is 1. The van der Waals surface area contributed by atoms with E-state index in [1.165, 1.54) is 19.3 Å². The summed E-state index contributed by atoms with van der Waals surface area (Å²) in [4.78, 5) is 15.8. The molecule has 0 bridgehead atoms. The number of hydrogen-bond acceptors (Lipinski definition) is 3. The molecule has 0 radical (unpaired) electrons. The third-order valence-corrected chi connectivity index (χ3v) is 3.58. The van der Waals surface area contributed by atoms with Gasteiger partial charge in [-0.05, 0) is 30.4 Å². The molecule has 1 amide bonds. The highest BCUT2D eigenvalue weighted by Crippen LogP contribution is 2.30. The Hall–Kier alpha value is -1.58. The lowest BCUT2D eigenvalue weighted by atomic mass is 9.98. The minimum absolute atomic E-state index is 0.128. The van der Waals surface area contributed by atoms with E-state index in [9.17, 15) is 4.79 Å². The Morgan fingerprint density at radius 2 is 2.41 bits per heavy atom. The standard InChI is InChI=1S/C13H19N3O/c1-9-3-2-4-10(9)8-16-13(17)12-7-11(14)5-6-15-12/h5-7,9-10H,2-4,8H2,1H3,(H2,14,15)(H,16,17). The minimum atomic E-state index is -0.128. The summed E-state index contributed by atoms with van der Waals surface area (Å²) in [5, 5.41) is 2.94. The van der Waals surface area contributed by atoms with Crippen LogP contribution in [0.4, 0.5) is 5.69 Å². The molecule has 2 rings (SSSR count). The van der Waals surface area contributed by atoms with Crippen LogP contribution in [0, 0.1) is 11.8 Å². The SMILES string of the molecule is CC1CCCC1CNC(=O)c1cc(N)ccn1. The van der Waals surface area contributed by atoms with Gasteiger partial charge in [0.05, 0.1) is 0 Å². The van der Waals surface area contributed by atoms with E-state index in [1.54, 1.807) is 18.3 Å². The Labute approximate surface area is 102 Å². The highest BCUT2D eigenvalue weighted by molar-refractivity contribution is 5.92. The first-order valence-corrected chi connectivity index (χ1v) is 6.16. The highest BCUT2D eigenvalue weighted by atomic mass is 16.1. The molecule has 17 heavy (non-hydrogen) atoms. The van der Waals surface area contributed by atoms with E-state index < -0.39 is 0 Å². The largest absolute Gasteiger partial charge is 0.399 e. The van der Waals surface area contributed by atoms with Crippen molar-refractivity contribution in [3.05, 3.63) is 24.0 Å². The van der Waals surface area contributed by atoms with Crippen molar-refractivity contribution < 1.29 is 4.79 Å². The van der Waals surface area contributed by atoms with Crippen molar-refractivity contribution in [3.8, 4) is 0 Å².